The molecular weight excluding hydrogens is 277 g/mol. The van der Waals surface area contributed by atoms with Crippen LogP contribution in [0.3, 0.4) is 0 Å². The van der Waals surface area contributed by atoms with Gasteiger partial charge in [0.15, 0.2) is 0 Å². The number of likely N-dealkylation sites (N-methyl/N-ethyl adjacent to an activating group) is 1. The number of benzene rings is 1. The van der Waals surface area contributed by atoms with Crippen molar-refractivity contribution < 1.29 is 13.9 Å². The molecule has 1 rings (SSSR count). The number of hydrogen-bond donors (Lipinski definition) is 1. The van der Waals surface area contributed by atoms with Gasteiger partial charge in [-0.3, -0.25) is 0 Å². The van der Waals surface area contributed by atoms with Crippen LogP contribution in [0, 0.1) is 5.82 Å². The number of hydrogen-bond acceptors (Lipinski definition) is 3. The molecule has 88 valence electrons. The molecule has 0 spiro atoms. The van der Waals surface area contributed by atoms with Crippen molar-refractivity contribution in [1.82, 2.24) is 5.32 Å². The molecule has 1 N–H and O–H groups in total. The van der Waals surface area contributed by atoms with Crippen LogP contribution < -0.4 is 5.32 Å². The summed E-state index contributed by atoms with van der Waals surface area (Å²) in [6.45, 7) is 2.50. The molecule has 0 heterocycles. The third-order valence-electron chi connectivity index (χ3n) is 2.12. The van der Waals surface area contributed by atoms with E-state index in [1.807, 2.05) is 6.92 Å². The first kappa shape index (κ1) is 13.1. The van der Waals surface area contributed by atoms with Gasteiger partial charge in [-0.05, 0) is 40.2 Å². The number of halogens is 2. The van der Waals surface area contributed by atoms with Gasteiger partial charge in [-0.2, -0.15) is 0 Å². The minimum atomic E-state index is -0.563. The van der Waals surface area contributed by atoms with Crippen LogP contribution in [-0.2, 0) is 9.53 Å². The van der Waals surface area contributed by atoms with E-state index >= 15 is 0 Å². The summed E-state index contributed by atoms with van der Waals surface area (Å²) in [4.78, 5) is 11.5. The molecule has 0 bridgehead atoms. The summed E-state index contributed by atoms with van der Waals surface area (Å²) in [7, 11) is 1.32. The number of carbonyl (C=O) groups excluding carboxylic acids is 1. The average molecular weight is 290 g/mol. The quantitative estimate of drug-likeness (QED) is 0.865. The minimum Gasteiger partial charge on any atom is -0.468 e. The molecule has 1 unspecified atom stereocenters. The van der Waals surface area contributed by atoms with E-state index in [1.165, 1.54) is 13.2 Å². The maximum atomic E-state index is 13.0. The normalized spacial score (nSPS) is 12.2. The highest BCUT2D eigenvalue weighted by atomic mass is 79.9. The Morgan fingerprint density at radius 1 is 1.62 bits per heavy atom. The molecule has 16 heavy (non-hydrogen) atoms. The molecule has 0 radical (unpaired) electrons. The average Bonchev–Trinajstić information content (AvgIpc) is 2.29. The Kier molecular flexibility index (Phi) is 4.89. The van der Waals surface area contributed by atoms with Crippen molar-refractivity contribution in [2.24, 2.45) is 0 Å². The van der Waals surface area contributed by atoms with Gasteiger partial charge in [-0.15, -0.1) is 0 Å². The van der Waals surface area contributed by atoms with E-state index in [0.29, 0.717) is 16.6 Å². The summed E-state index contributed by atoms with van der Waals surface area (Å²) in [5.41, 5.74) is 0.668. The lowest BCUT2D eigenvalue weighted by Gasteiger charge is -2.16. The summed E-state index contributed by atoms with van der Waals surface area (Å²) in [5, 5.41) is 2.98. The summed E-state index contributed by atoms with van der Waals surface area (Å²) in [6, 6.07) is 3.88. The third kappa shape index (κ3) is 3.02. The Bertz CT molecular complexity index is 384. The van der Waals surface area contributed by atoms with Crippen molar-refractivity contribution >= 4 is 21.9 Å². The van der Waals surface area contributed by atoms with Crippen molar-refractivity contribution in [2.75, 3.05) is 13.7 Å². The molecule has 5 heteroatoms. The van der Waals surface area contributed by atoms with Crippen molar-refractivity contribution in [1.29, 1.82) is 0 Å². The second kappa shape index (κ2) is 5.96. The molecule has 0 aliphatic rings. The smallest absolute Gasteiger partial charge is 0.327 e. The van der Waals surface area contributed by atoms with Crippen molar-refractivity contribution in [3.8, 4) is 0 Å². The first-order valence-electron chi connectivity index (χ1n) is 4.86. The number of methoxy groups -OCH3 is 1. The summed E-state index contributed by atoms with van der Waals surface area (Å²) in [6.07, 6.45) is 0. The fourth-order valence-electron chi connectivity index (χ4n) is 1.35. The largest absolute Gasteiger partial charge is 0.468 e. The van der Waals surface area contributed by atoms with Gasteiger partial charge in [-0.1, -0.05) is 13.0 Å². The van der Waals surface area contributed by atoms with E-state index in [4.69, 9.17) is 0 Å². The number of rotatable bonds is 4. The molecule has 0 saturated heterocycles. The molecule has 0 aliphatic heterocycles. The predicted molar refractivity (Wildman–Crippen MR) is 62.5 cm³/mol. The highest BCUT2D eigenvalue weighted by Crippen LogP contribution is 2.22. The highest BCUT2D eigenvalue weighted by molar-refractivity contribution is 9.10. The standard InChI is InChI=1S/C11H13BrFNO2/c1-3-14-10(11(15)16-2)7-4-5-9(13)8(12)6-7/h4-6,10,14H,3H2,1-2H3. The molecule has 1 atom stereocenters. The van der Waals surface area contributed by atoms with Crippen LogP contribution in [0.2, 0.25) is 0 Å². The summed E-state index contributed by atoms with van der Waals surface area (Å²) >= 11 is 3.08. The molecule has 1 aromatic rings. The van der Waals surface area contributed by atoms with Gasteiger partial charge in [0.25, 0.3) is 0 Å². The van der Waals surface area contributed by atoms with E-state index < -0.39 is 6.04 Å². The molecule has 1 aromatic carbocycles. The van der Waals surface area contributed by atoms with Gasteiger partial charge in [0.05, 0.1) is 11.6 Å². The fourth-order valence-corrected chi connectivity index (χ4v) is 1.75. The maximum Gasteiger partial charge on any atom is 0.327 e. The molecule has 0 saturated carbocycles. The molecular formula is C11H13BrFNO2. The topological polar surface area (TPSA) is 38.3 Å². The van der Waals surface area contributed by atoms with Crippen molar-refractivity contribution in [3.05, 3.63) is 34.1 Å². The van der Waals surface area contributed by atoms with Gasteiger partial charge < -0.3 is 10.1 Å². The van der Waals surface area contributed by atoms with Crippen LogP contribution in [0.15, 0.2) is 22.7 Å². The SMILES string of the molecule is CCNC(C(=O)OC)c1ccc(F)c(Br)c1. The fraction of sp³-hybridized carbons (Fsp3) is 0.364. The summed E-state index contributed by atoms with van der Waals surface area (Å²) in [5.74, 6) is -0.746. The first-order valence-corrected chi connectivity index (χ1v) is 5.65. The number of ether oxygens (including phenoxy) is 1. The Balaban J connectivity index is 3.01. The van der Waals surface area contributed by atoms with Crippen LogP contribution in [-0.4, -0.2) is 19.6 Å². The van der Waals surface area contributed by atoms with Crippen LogP contribution in [0.5, 0.6) is 0 Å². The van der Waals surface area contributed by atoms with Crippen LogP contribution >= 0.6 is 15.9 Å². The monoisotopic (exact) mass is 289 g/mol. The second-order valence-corrected chi connectivity index (χ2v) is 4.04. The highest BCUT2D eigenvalue weighted by Gasteiger charge is 2.20. The van der Waals surface area contributed by atoms with Crippen molar-refractivity contribution in [3.63, 3.8) is 0 Å². The van der Waals surface area contributed by atoms with E-state index in [1.54, 1.807) is 12.1 Å². The zero-order chi connectivity index (χ0) is 12.1. The predicted octanol–water partition coefficient (Wildman–Crippen LogP) is 2.41. The van der Waals surface area contributed by atoms with E-state index in [9.17, 15) is 9.18 Å². The van der Waals surface area contributed by atoms with Crippen LogP contribution in [0.4, 0.5) is 4.39 Å². The molecule has 0 aliphatic carbocycles. The molecule has 0 amide bonds. The second-order valence-electron chi connectivity index (χ2n) is 3.19. The Morgan fingerprint density at radius 3 is 2.81 bits per heavy atom. The van der Waals surface area contributed by atoms with Crippen LogP contribution in [0.1, 0.15) is 18.5 Å². The molecule has 0 aromatic heterocycles. The zero-order valence-electron chi connectivity index (χ0n) is 9.09. The molecule has 0 fully saturated rings. The molecule has 3 nitrogen and oxygen atoms in total. The van der Waals surface area contributed by atoms with Gasteiger partial charge >= 0.3 is 5.97 Å². The van der Waals surface area contributed by atoms with Crippen LogP contribution in [0.25, 0.3) is 0 Å². The van der Waals surface area contributed by atoms with Gasteiger partial charge in [-0.25, -0.2) is 9.18 Å². The van der Waals surface area contributed by atoms with Gasteiger partial charge in [0.2, 0.25) is 0 Å². The Morgan fingerprint density at radius 2 is 2.31 bits per heavy atom. The lowest BCUT2D eigenvalue weighted by atomic mass is 10.1. The van der Waals surface area contributed by atoms with Gasteiger partial charge in [0.1, 0.15) is 11.9 Å². The minimum absolute atomic E-state index is 0.330. The number of esters is 1. The van der Waals surface area contributed by atoms with E-state index in [0.717, 1.165) is 0 Å². The van der Waals surface area contributed by atoms with E-state index in [2.05, 4.69) is 26.0 Å². The zero-order valence-corrected chi connectivity index (χ0v) is 10.7. The Hall–Kier alpha value is -0.940. The number of nitrogens with one attached hydrogen (secondary N) is 1. The number of carbonyl (C=O) groups is 1. The van der Waals surface area contributed by atoms with Crippen molar-refractivity contribution in [2.45, 2.75) is 13.0 Å². The lowest BCUT2D eigenvalue weighted by Crippen LogP contribution is -2.29. The first-order chi connectivity index (χ1) is 7.60. The Labute approximate surface area is 102 Å². The van der Waals surface area contributed by atoms with E-state index in [-0.39, 0.29) is 11.8 Å². The summed E-state index contributed by atoms with van der Waals surface area (Å²) < 4.78 is 18.1. The third-order valence-corrected chi connectivity index (χ3v) is 2.73. The lowest BCUT2D eigenvalue weighted by molar-refractivity contribution is -0.143. The van der Waals surface area contributed by atoms with Gasteiger partial charge in [0, 0.05) is 0 Å². The maximum absolute atomic E-state index is 13.0.